The van der Waals surface area contributed by atoms with E-state index in [9.17, 15) is 0 Å². The largest absolute Gasteiger partial charge is 0.497 e. The average molecular weight is 236 g/mol. The van der Waals surface area contributed by atoms with Gasteiger partial charge in [-0.1, -0.05) is 20.3 Å². The summed E-state index contributed by atoms with van der Waals surface area (Å²) in [7, 11) is 3.78. The molecule has 96 valence electrons. The van der Waals surface area contributed by atoms with Crippen LogP contribution in [0.5, 0.6) is 5.75 Å². The maximum Gasteiger partial charge on any atom is 0.119 e. The Morgan fingerprint density at radius 1 is 1.29 bits per heavy atom. The molecule has 0 aliphatic rings. The lowest BCUT2D eigenvalue weighted by Gasteiger charge is -2.33. The van der Waals surface area contributed by atoms with Crippen molar-refractivity contribution in [1.29, 1.82) is 0 Å². The van der Waals surface area contributed by atoms with Crippen molar-refractivity contribution in [1.82, 2.24) is 0 Å². The van der Waals surface area contributed by atoms with Gasteiger partial charge in [0.25, 0.3) is 0 Å². The number of hydrogen-bond donors (Lipinski definition) is 1. The third-order valence-electron chi connectivity index (χ3n) is 3.52. The molecule has 0 amide bonds. The Morgan fingerprint density at radius 2 is 1.88 bits per heavy atom. The Labute approximate surface area is 105 Å². The van der Waals surface area contributed by atoms with Gasteiger partial charge in [-0.3, -0.25) is 0 Å². The molecule has 0 aromatic heterocycles. The summed E-state index contributed by atoms with van der Waals surface area (Å²) < 4.78 is 5.16. The van der Waals surface area contributed by atoms with Crippen LogP contribution < -0.4 is 15.4 Å². The molecule has 0 aliphatic heterocycles. The Morgan fingerprint density at radius 3 is 2.29 bits per heavy atom. The van der Waals surface area contributed by atoms with Crippen molar-refractivity contribution in [3.63, 3.8) is 0 Å². The minimum absolute atomic E-state index is 0.383. The number of hydrogen-bond acceptors (Lipinski definition) is 3. The van der Waals surface area contributed by atoms with Crippen LogP contribution in [0.1, 0.15) is 20.3 Å². The van der Waals surface area contributed by atoms with Crippen molar-refractivity contribution in [3.05, 3.63) is 24.3 Å². The van der Waals surface area contributed by atoms with E-state index in [2.05, 4.69) is 37.9 Å². The van der Waals surface area contributed by atoms with Crippen LogP contribution in [0.15, 0.2) is 24.3 Å². The van der Waals surface area contributed by atoms with Gasteiger partial charge < -0.3 is 15.4 Å². The SMILES string of the molecule is CCC(C)C(CN)N(C)c1ccc(OC)cc1. The Kier molecular flexibility index (Phi) is 5.29. The van der Waals surface area contributed by atoms with Gasteiger partial charge >= 0.3 is 0 Å². The number of likely N-dealkylation sites (N-methyl/N-ethyl adjacent to an activating group) is 1. The zero-order valence-corrected chi connectivity index (χ0v) is 11.3. The molecule has 2 atom stereocenters. The van der Waals surface area contributed by atoms with Gasteiger partial charge in [-0.05, 0) is 30.2 Å². The fraction of sp³-hybridized carbons (Fsp3) is 0.571. The first kappa shape index (κ1) is 13.8. The zero-order valence-electron chi connectivity index (χ0n) is 11.3. The maximum absolute atomic E-state index is 5.88. The molecule has 17 heavy (non-hydrogen) atoms. The molecule has 3 nitrogen and oxygen atoms in total. The molecule has 1 aromatic rings. The zero-order chi connectivity index (χ0) is 12.8. The summed E-state index contributed by atoms with van der Waals surface area (Å²) in [6.07, 6.45) is 1.14. The number of nitrogens with zero attached hydrogens (tertiary/aromatic N) is 1. The number of anilines is 1. The number of rotatable bonds is 6. The number of nitrogens with two attached hydrogens (primary N) is 1. The molecule has 1 rings (SSSR count). The highest BCUT2D eigenvalue weighted by Gasteiger charge is 2.19. The third kappa shape index (κ3) is 3.37. The number of ether oxygens (including phenoxy) is 1. The van der Waals surface area contributed by atoms with Crippen LogP contribution in [0, 0.1) is 5.92 Å². The molecule has 0 aliphatic carbocycles. The quantitative estimate of drug-likeness (QED) is 0.824. The first-order chi connectivity index (χ1) is 8.13. The summed E-state index contributed by atoms with van der Waals surface area (Å²) in [6, 6.07) is 8.49. The normalized spacial score (nSPS) is 14.2. The van der Waals surface area contributed by atoms with E-state index >= 15 is 0 Å². The second-order valence-corrected chi connectivity index (χ2v) is 4.50. The summed E-state index contributed by atoms with van der Waals surface area (Å²) in [5.41, 5.74) is 7.06. The van der Waals surface area contributed by atoms with E-state index in [1.807, 2.05) is 12.1 Å². The van der Waals surface area contributed by atoms with Crippen LogP contribution in [-0.2, 0) is 0 Å². The molecule has 2 N–H and O–H groups in total. The molecule has 3 heteroatoms. The smallest absolute Gasteiger partial charge is 0.119 e. The topological polar surface area (TPSA) is 38.5 Å². The van der Waals surface area contributed by atoms with Gasteiger partial charge in [-0.25, -0.2) is 0 Å². The molecule has 0 heterocycles. The van der Waals surface area contributed by atoms with Gasteiger partial charge in [-0.2, -0.15) is 0 Å². The Bertz CT molecular complexity index is 323. The third-order valence-corrected chi connectivity index (χ3v) is 3.52. The summed E-state index contributed by atoms with van der Waals surface area (Å²) in [4.78, 5) is 2.26. The second-order valence-electron chi connectivity index (χ2n) is 4.50. The molecule has 0 saturated heterocycles. The van der Waals surface area contributed by atoms with Crippen LogP contribution in [0.25, 0.3) is 0 Å². The van der Waals surface area contributed by atoms with Gasteiger partial charge in [0, 0.05) is 25.3 Å². The van der Waals surface area contributed by atoms with Crippen LogP contribution in [0.2, 0.25) is 0 Å². The van der Waals surface area contributed by atoms with Crippen molar-refractivity contribution in [3.8, 4) is 5.75 Å². The molecule has 0 bridgehead atoms. The van der Waals surface area contributed by atoms with Crippen LogP contribution in [0.3, 0.4) is 0 Å². The standard InChI is InChI=1S/C14H24N2O/c1-5-11(2)14(10-15)16(3)12-6-8-13(17-4)9-7-12/h6-9,11,14H,5,10,15H2,1-4H3. The van der Waals surface area contributed by atoms with Crippen LogP contribution in [0.4, 0.5) is 5.69 Å². The monoisotopic (exact) mass is 236 g/mol. The molecule has 0 saturated carbocycles. The van der Waals surface area contributed by atoms with E-state index in [0.29, 0.717) is 18.5 Å². The predicted octanol–water partition coefficient (Wildman–Crippen LogP) is 2.50. The second kappa shape index (κ2) is 6.50. The Balaban J connectivity index is 2.81. The van der Waals surface area contributed by atoms with Crippen molar-refractivity contribution in [2.24, 2.45) is 11.7 Å². The lowest BCUT2D eigenvalue weighted by Crippen LogP contribution is -2.42. The lowest BCUT2D eigenvalue weighted by atomic mass is 9.97. The highest BCUT2D eigenvalue weighted by Crippen LogP contribution is 2.23. The van der Waals surface area contributed by atoms with E-state index in [1.54, 1.807) is 7.11 Å². The molecule has 0 spiro atoms. The van der Waals surface area contributed by atoms with E-state index in [1.165, 1.54) is 5.69 Å². The summed E-state index contributed by atoms with van der Waals surface area (Å²) >= 11 is 0. The molecule has 2 unspecified atom stereocenters. The predicted molar refractivity (Wildman–Crippen MR) is 73.7 cm³/mol. The highest BCUT2D eigenvalue weighted by molar-refractivity contribution is 5.49. The molecule has 0 fully saturated rings. The minimum atomic E-state index is 0.383. The summed E-state index contributed by atoms with van der Waals surface area (Å²) in [5.74, 6) is 1.47. The van der Waals surface area contributed by atoms with Crippen molar-refractivity contribution < 1.29 is 4.74 Å². The van der Waals surface area contributed by atoms with Crippen molar-refractivity contribution in [2.75, 3.05) is 25.6 Å². The first-order valence-corrected chi connectivity index (χ1v) is 6.21. The van der Waals surface area contributed by atoms with E-state index < -0.39 is 0 Å². The molecule has 0 radical (unpaired) electrons. The fourth-order valence-electron chi connectivity index (χ4n) is 2.05. The van der Waals surface area contributed by atoms with Crippen molar-refractivity contribution in [2.45, 2.75) is 26.3 Å². The molecular weight excluding hydrogens is 212 g/mol. The van der Waals surface area contributed by atoms with Crippen LogP contribution in [-0.4, -0.2) is 26.7 Å². The highest BCUT2D eigenvalue weighted by atomic mass is 16.5. The summed E-state index contributed by atoms with van der Waals surface area (Å²) in [5, 5.41) is 0. The first-order valence-electron chi connectivity index (χ1n) is 6.21. The Hall–Kier alpha value is -1.22. The van der Waals surface area contributed by atoms with Gasteiger partial charge in [-0.15, -0.1) is 0 Å². The van der Waals surface area contributed by atoms with E-state index in [0.717, 1.165) is 12.2 Å². The summed E-state index contributed by atoms with van der Waals surface area (Å²) in [6.45, 7) is 5.13. The minimum Gasteiger partial charge on any atom is -0.497 e. The molecular formula is C14H24N2O. The number of benzene rings is 1. The number of methoxy groups -OCH3 is 1. The van der Waals surface area contributed by atoms with Gasteiger partial charge in [0.15, 0.2) is 0 Å². The van der Waals surface area contributed by atoms with Crippen LogP contribution >= 0.6 is 0 Å². The fourth-order valence-corrected chi connectivity index (χ4v) is 2.05. The average Bonchev–Trinajstić information content (AvgIpc) is 2.39. The van der Waals surface area contributed by atoms with E-state index in [-0.39, 0.29) is 0 Å². The van der Waals surface area contributed by atoms with Gasteiger partial charge in [0.1, 0.15) is 5.75 Å². The van der Waals surface area contributed by atoms with Gasteiger partial charge in [0.05, 0.1) is 7.11 Å². The maximum atomic E-state index is 5.88. The molecule has 1 aromatic carbocycles. The van der Waals surface area contributed by atoms with Gasteiger partial charge in [0.2, 0.25) is 0 Å². The lowest BCUT2D eigenvalue weighted by molar-refractivity contribution is 0.414. The van der Waals surface area contributed by atoms with E-state index in [4.69, 9.17) is 10.5 Å². The van der Waals surface area contributed by atoms with Crippen molar-refractivity contribution >= 4 is 5.69 Å².